The summed E-state index contributed by atoms with van der Waals surface area (Å²) in [6, 6.07) is -1.52. The summed E-state index contributed by atoms with van der Waals surface area (Å²) in [5.41, 5.74) is 5.33. The largest absolute Gasteiger partial charge is 0.480 e. The number of phosphoric ester groups is 1. The van der Waals surface area contributed by atoms with E-state index in [9.17, 15) is 23.8 Å². The first kappa shape index (κ1) is 51.2. The fraction of sp³-hybridized carbons (Fsp3) is 0.878. The van der Waals surface area contributed by atoms with E-state index in [2.05, 4.69) is 30.5 Å². The summed E-state index contributed by atoms with van der Waals surface area (Å²) >= 11 is 0. The molecule has 0 fully saturated rings. The second kappa shape index (κ2) is 37.2. The van der Waals surface area contributed by atoms with Gasteiger partial charge in [0.1, 0.15) is 12.6 Å². The molecule has 11 nitrogen and oxygen atoms in total. The number of rotatable bonds is 40. The molecular weight excluding hydrogens is 697 g/mol. The van der Waals surface area contributed by atoms with Gasteiger partial charge >= 0.3 is 25.7 Å². The highest BCUT2D eigenvalue weighted by molar-refractivity contribution is 7.47. The predicted molar refractivity (Wildman–Crippen MR) is 213 cm³/mol. The number of aliphatic carboxylic acids is 1. The lowest BCUT2D eigenvalue weighted by molar-refractivity contribution is -0.161. The molecule has 0 aromatic rings. The maximum Gasteiger partial charge on any atom is 0.472 e. The number of carboxylic acid groups (broad SMARTS) is 1. The molecule has 3 atom stereocenters. The van der Waals surface area contributed by atoms with Crippen LogP contribution in [0.5, 0.6) is 0 Å². The number of carbonyl (C=O) groups is 3. The third-order valence-corrected chi connectivity index (χ3v) is 10.2. The van der Waals surface area contributed by atoms with Gasteiger partial charge in [-0.25, -0.2) is 4.57 Å². The lowest BCUT2D eigenvalue weighted by Crippen LogP contribution is -2.34. The van der Waals surface area contributed by atoms with E-state index in [0.29, 0.717) is 12.8 Å². The minimum absolute atomic E-state index is 0.163. The van der Waals surface area contributed by atoms with Crippen molar-refractivity contribution in [3.05, 3.63) is 12.2 Å². The standard InChI is InChI=1S/C41H78NO10P/c1-3-5-7-9-11-13-15-17-19-21-23-25-27-29-31-33-40(44)52-37(35-50-53(47,48)51-36-38(42)41(45)46)34-49-39(43)32-30-28-26-24-22-20-18-16-14-12-10-8-6-4-2/h9,11,37-38H,3-8,10,12-36,42H2,1-2H3,(H,45,46)(H,47,48)/b11-9+/t37-,38+/m1/s1. The number of hydrogen-bond donors (Lipinski definition) is 3. The summed E-state index contributed by atoms with van der Waals surface area (Å²) in [5, 5.41) is 8.88. The van der Waals surface area contributed by atoms with E-state index in [4.69, 9.17) is 24.8 Å². The Labute approximate surface area is 322 Å². The molecule has 0 heterocycles. The van der Waals surface area contributed by atoms with Gasteiger partial charge in [-0.2, -0.15) is 0 Å². The van der Waals surface area contributed by atoms with Crippen LogP contribution in [-0.4, -0.2) is 59.9 Å². The van der Waals surface area contributed by atoms with E-state index in [-0.39, 0.29) is 19.4 Å². The molecule has 0 aromatic heterocycles. The van der Waals surface area contributed by atoms with Crippen LogP contribution in [0.15, 0.2) is 12.2 Å². The molecule has 0 radical (unpaired) electrons. The van der Waals surface area contributed by atoms with Crippen molar-refractivity contribution in [3.8, 4) is 0 Å². The van der Waals surface area contributed by atoms with Crippen molar-refractivity contribution < 1.29 is 47.5 Å². The molecule has 0 saturated heterocycles. The summed E-state index contributed by atoms with van der Waals surface area (Å²) in [5.74, 6) is -2.37. The van der Waals surface area contributed by atoms with E-state index in [0.717, 1.165) is 38.5 Å². The summed E-state index contributed by atoms with van der Waals surface area (Å²) in [6.07, 6.45) is 35.5. The van der Waals surface area contributed by atoms with Gasteiger partial charge < -0.3 is 25.2 Å². The number of phosphoric acid groups is 1. The molecule has 0 aromatic carbocycles. The quantitative estimate of drug-likeness (QED) is 0.0234. The first-order valence-electron chi connectivity index (χ1n) is 21.2. The number of hydrogen-bond acceptors (Lipinski definition) is 9. The number of ether oxygens (including phenoxy) is 2. The van der Waals surface area contributed by atoms with Crippen LogP contribution in [0.1, 0.15) is 200 Å². The average molecular weight is 776 g/mol. The normalized spacial score (nSPS) is 13.9. The number of nitrogens with two attached hydrogens (primary N) is 1. The van der Waals surface area contributed by atoms with Crippen molar-refractivity contribution in [2.75, 3.05) is 19.8 Å². The third kappa shape index (κ3) is 36.9. The minimum atomic E-state index is -4.71. The topological polar surface area (TPSA) is 172 Å². The SMILES string of the molecule is CCCC/C=C/CCCCCCCCCCCC(=O)O[C@H](COC(=O)CCCCCCCCCCCCCCCC)COP(=O)(O)OC[C@H](N)C(=O)O. The number of unbranched alkanes of at least 4 members (excludes halogenated alkanes) is 24. The zero-order valence-electron chi connectivity index (χ0n) is 33.6. The molecular formula is C41H78NO10P. The van der Waals surface area contributed by atoms with E-state index >= 15 is 0 Å². The van der Waals surface area contributed by atoms with Crippen molar-refractivity contribution in [2.24, 2.45) is 5.73 Å². The van der Waals surface area contributed by atoms with Crippen LogP contribution in [0.3, 0.4) is 0 Å². The second-order valence-electron chi connectivity index (χ2n) is 14.5. The van der Waals surface area contributed by atoms with E-state index in [1.807, 2.05) is 0 Å². The summed E-state index contributed by atoms with van der Waals surface area (Å²) in [7, 11) is -4.71. The molecule has 4 N–H and O–H groups in total. The van der Waals surface area contributed by atoms with Gasteiger partial charge in [0.05, 0.1) is 13.2 Å². The van der Waals surface area contributed by atoms with E-state index < -0.39 is 51.1 Å². The molecule has 53 heavy (non-hydrogen) atoms. The number of carboxylic acids is 1. The van der Waals surface area contributed by atoms with Gasteiger partial charge in [0.2, 0.25) is 0 Å². The first-order valence-corrected chi connectivity index (χ1v) is 22.7. The summed E-state index contributed by atoms with van der Waals surface area (Å²) in [6.45, 7) is 2.78. The maximum absolute atomic E-state index is 12.6. The van der Waals surface area contributed by atoms with Gasteiger partial charge in [0.25, 0.3) is 0 Å². The fourth-order valence-electron chi connectivity index (χ4n) is 5.87. The highest BCUT2D eigenvalue weighted by atomic mass is 31.2. The van der Waals surface area contributed by atoms with Crippen LogP contribution in [0.4, 0.5) is 0 Å². The molecule has 312 valence electrons. The molecule has 0 aliphatic rings. The molecule has 0 saturated carbocycles. The molecule has 12 heteroatoms. The van der Waals surface area contributed by atoms with Crippen molar-refractivity contribution in [1.82, 2.24) is 0 Å². The highest BCUT2D eigenvalue weighted by Crippen LogP contribution is 2.43. The number of allylic oxidation sites excluding steroid dienone is 2. The Kier molecular flexibility index (Phi) is 35.9. The molecule has 0 rings (SSSR count). The van der Waals surface area contributed by atoms with Crippen LogP contribution in [-0.2, 0) is 37.5 Å². The van der Waals surface area contributed by atoms with Gasteiger partial charge in [0.15, 0.2) is 6.10 Å². The van der Waals surface area contributed by atoms with Crippen LogP contribution < -0.4 is 5.73 Å². The van der Waals surface area contributed by atoms with E-state index in [1.165, 1.54) is 122 Å². The van der Waals surface area contributed by atoms with E-state index in [1.54, 1.807) is 0 Å². The Morgan fingerprint density at radius 2 is 0.962 bits per heavy atom. The highest BCUT2D eigenvalue weighted by Gasteiger charge is 2.28. The fourth-order valence-corrected chi connectivity index (χ4v) is 6.65. The van der Waals surface area contributed by atoms with Gasteiger partial charge in [-0.3, -0.25) is 23.4 Å². The second-order valence-corrected chi connectivity index (χ2v) is 15.9. The number of esters is 2. The molecule has 0 bridgehead atoms. The van der Waals surface area contributed by atoms with Crippen molar-refractivity contribution >= 4 is 25.7 Å². The predicted octanol–water partition coefficient (Wildman–Crippen LogP) is 10.9. The Hall–Kier alpha value is -1.78. The van der Waals surface area contributed by atoms with Crippen LogP contribution in [0, 0.1) is 0 Å². The monoisotopic (exact) mass is 776 g/mol. The summed E-state index contributed by atoms with van der Waals surface area (Å²) in [4.78, 5) is 45.9. The first-order chi connectivity index (χ1) is 25.6. The zero-order valence-corrected chi connectivity index (χ0v) is 34.5. The lowest BCUT2D eigenvalue weighted by Gasteiger charge is -2.20. The Balaban J connectivity index is 4.35. The summed E-state index contributed by atoms with van der Waals surface area (Å²) < 4.78 is 32.7. The van der Waals surface area contributed by atoms with Crippen LogP contribution in [0.2, 0.25) is 0 Å². The Morgan fingerprint density at radius 3 is 1.43 bits per heavy atom. The molecule has 0 aliphatic heterocycles. The molecule has 1 unspecified atom stereocenters. The van der Waals surface area contributed by atoms with Crippen molar-refractivity contribution in [3.63, 3.8) is 0 Å². The smallest absolute Gasteiger partial charge is 0.472 e. The van der Waals surface area contributed by atoms with Crippen LogP contribution >= 0.6 is 7.82 Å². The van der Waals surface area contributed by atoms with Gasteiger partial charge in [0, 0.05) is 12.8 Å². The average Bonchev–Trinajstić information content (AvgIpc) is 3.13. The van der Waals surface area contributed by atoms with Crippen molar-refractivity contribution in [2.45, 2.75) is 212 Å². The maximum atomic E-state index is 12.6. The van der Waals surface area contributed by atoms with Gasteiger partial charge in [-0.05, 0) is 32.1 Å². The third-order valence-electron chi connectivity index (χ3n) is 9.26. The minimum Gasteiger partial charge on any atom is -0.480 e. The molecule has 0 amide bonds. The van der Waals surface area contributed by atoms with Gasteiger partial charge in [-0.1, -0.05) is 167 Å². The molecule has 0 aliphatic carbocycles. The zero-order chi connectivity index (χ0) is 39.3. The molecule has 0 spiro atoms. The number of carbonyl (C=O) groups excluding carboxylic acids is 2. The Bertz CT molecular complexity index is 963. The van der Waals surface area contributed by atoms with Gasteiger partial charge in [-0.15, -0.1) is 0 Å². The Morgan fingerprint density at radius 1 is 0.566 bits per heavy atom. The lowest BCUT2D eigenvalue weighted by atomic mass is 10.0. The van der Waals surface area contributed by atoms with Crippen LogP contribution in [0.25, 0.3) is 0 Å². The van der Waals surface area contributed by atoms with Crippen molar-refractivity contribution in [1.29, 1.82) is 0 Å².